The van der Waals surface area contributed by atoms with Crippen LogP contribution in [0.4, 0.5) is 5.69 Å². The highest BCUT2D eigenvalue weighted by Crippen LogP contribution is 2.51. The molecule has 7 nitrogen and oxygen atoms in total. The number of methoxy groups -OCH3 is 2. The van der Waals surface area contributed by atoms with Gasteiger partial charge in [0.25, 0.3) is 0 Å². The molecular formula is C28H26N2O5. The summed E-state index contributed by atoms with van der Waals surface area (Å²) in [6.07, 6.45) is 0.204. The molecule has 1 N–H and O–H groups in total. The Bertz CT molecular complexity index is 1250. The van der Waals surface area contributed by atoms with Crippen LogP contribution in [-0.4, -0.2) is 37.5 Å². The first-order valence-corrected chi connectivity index (χ1v) is 11.5. The minimum absolute atomic E-state index is 0.204. The van der Waals surface area contributed by atoms with E-state index in [9.17, 15) is 14.4 Å². The minimum Gasteiger partial charge on any atom is -0.497 e. The minimum atomic E-state index is -1.42. The van der Waals surface area contributed by atoms with Crippen molar-refractivity contribution < 1.29 is 23.9 Å². The van der Waals surface area contributed by atoms with Gasteiger partial charge in [0.05, 0.1) is 31.7 Å². The summed E-state index contributed by atoms with van der Waals surface area (Å²) >= 11 is 0. The van der Waals surface area contributed by atoms with Crippen LogP contribution in [0.1, 0.15) is 17.2 Å². The number of nitrogens with one attached hydrogen (secondary N) is 1. The highest BCUT2D eigenvalue weighted by molar-refractivity contribution is 6.24. The van der Waals surface area contributed by atoms with Crippen molar-refractivity contribution in [3.05, 3.63) is 96.1 Å². The number of anilines is 1. The third-order valence-corrected chi connectivity index (χ3v) is 7.02. The van der Waals surface area contributed by atoms with E-state index in [1.165, 1.54) is 12.0 Å². The van der Waals surface area contributed by atoms with Gasteiger partial charge in [-0.15, -0.1) is 0 Å². The van der Waals surface area contributed by atoms with Gasteiger partial charge < -0.3 is 9.47 Å². The number of amides is 2. The van der Waals surface area contributed by atoms with Crippen LogP contribution in [0.25, 0.3) is 0 Å². The highest BCUT2D eigenvalue weighted by atomic mass is 16.5. The topological polar surface area (TPSA) is 84.9 Å². The van der Waals surface area contributed by atoms with E-state index in [-0.39, 0.29) is 12.3 Å². The van der Waals surface area contributed by atoms with Crippen LogP contribution in [-0.2, 0) is 25.5 Å². The zero-order chi connectivity index (χ0) is 24.6. The number of carbonyl (C=O) groups is 3. The fourth-order valence-electron chi connectivity index (χ4n) is 5.45. The van der Waals surface area contributed by atoms with Crippen molar-refractivity contribution in [2.24, 2.45) is 11.8 Å². The van der Waals surface area contributed by atoms with Crippen molar-refractivity contribution >= 4 is 23.5 Å². The molecule has 2 aliphatic rings. The van der Waals surface area contributed by atoms with Gasteiger partial charge in [-0.1, -0.05) is 60.7 Å². The summed E-state index contributed by atoms with van der Waals surface area (Å²) in [5.74, 6) is -2.35. The summed E-state index contributed by atoms with van der Waals surface area (Å²) < 4.78 is 10.5. The zero-order valence-electron chi connectivity index (χ0n) is 19.5. The van der Waals surface area contributed by atoms with Crippen LogP contribution in [0.15, 0.2) is 84.9 Å². The molecule has 0 saturated carbocycles. The Hall–Kier alpha value is -3.97. The van der Waals surface area contributed by atoms with Gasteiger partial charge in [-0.25, -0.2) is 4.90 Å². The molecular weight excluding hydrogens is 444 g/mol. The molecule has 0 spiro atoms. The van der Waals surface area contributed by atoms with E-state index in [4.69, 9.17) is 9.47 Å². The van der Waals surface area contributed by atoms with E-state index in [1.54, 1.807) is 43.5 Å². The van der Waals surface area contributed by atoms with Crippen LogP contribution in [0, 0.1) is 11.8 Å². The van der Waals surface area contributed by atoms with Crippen LogP contribution >= 0.6 is 0 Å². The van der Waals surface area contributed by atoms with Crippen LogP contribution in [0.3, 0.4) is 0 Å². The number of esters is 1. The first-order valence-electron chi connectivity index (χ1n) is 11.5. The van der Waals surface area contributed by atoms with Crippen LogP contribution in [0.2, 0.25) is 0 Å². The van der Waals surface area contributed by atoms with Crippen LogP contribution in [0.5, 0.6) is 5.75 Å². The van der Waals surface area contributed by atoms with E-state index < -0.39 is 35.3 Å². The summed E-state index contributed by atoms with van der Waals surface area (Å²) in [6, 6.07) is 25.0. The van der Waals surface area contributed by atoms with Crippen molar-refractivity contribution in [3.8, 4) is 5.75 Å². The molecule has 4 atom stereocenters. The van der Waals surface area contributed by atoms with Crippen molar-refractivity contribution in [3.63, 3.8) is 0 Å². The van der Waals surface area contributed by atoms with Crippen molar-refractivity contribution in [1.82, 2.24) is 5.32 Å². The van der Waals surface area contributed by atoms with E-state index in [0.717, 1.165) is 11.1 Å². The molecule has 178 valence electrons. The first-order chi connectivity index (χ1) is 17.0. The maximum Gasteiger partial charge on any atom is 0.327 e. The quantitative estimate of drug-likeness (QED) is 0.440. The molecule has 2 saturated heterocycles. The fraction of sp³-hybridized carbons (Fsp3) is 0.250. The van der Waals surface area contributed by atoms with Gasteiger partial charge in [-0.05, 0) is 35.4 Å². The molecule has 0 aromatic heterocycles. The van der Waals surface area contributed by atoms with Gasteiger partial charge in [0.2, 0.25) is 11.8 Å². The summed E-state index contributed by atoms with van der Waals surface area (Å²) in [4.78, 5) is 42.5. The van der Waals surface area contributed by atoms with Gasteiger partial charge in [0.15, 0.2) is 0 Å². The lowest BCUT2D eigenvalue weighted by Crippen LogP contribution is -2.57. The Morgan fingerprint density at radius 1 is 0.886 bits per heavy atom. The number of ether oxygens (including phenoxy) is 2. The summed E-state index contributed by atoms with van der Waals surface area (Å²) in [7, 11) is 2.89. The molecule has 0 radical (unpaired) electrons. The number of imide groups is 1. The molecule has 2 heterocycles. The van der Waals surface area contributed by atoms with E-state index >= 15 is 0 Å². The van der Waals surface area contributed by atoms with E-state index in [2.05, 4.69) is 5.32 Å². The molecule has 3 aromatic rings. The average molecular weight is 471 g/mol. The molecule has 2 aliphatic heterocycles. The Kier molecular flexibility index (Phi) is 5.86. The maximum atomic E-state index is 13.9. The number of rotatable bonds is 6. The first kappa shape index (κ1) is 22.8. The van der Waals surface area contributed by atoms with Crippen molar-refractivity contribution in [1.29, 1.82) is 0 Å². The Labute approximate surface area is 203 Å². The Morgan fingerprint density at radius 2 is 1.51 bits per heavy atom. The van der Waals surface area contributed by atoms with Gasteiger partial charge in [0, 0.05) is 12.5 Å². The average Bonchev–Trinajstić information content (AvgIpc) is 3.38. The zero-order valence-corrected chi connectivity index (χ0v) is 19.5. The number of benzene rings is 3. The predicted octanol–water partition coefficient (Wildman–Crippen LogP) is 3.30. The van der Waals surface area contributed by atoms with Gasteiger partial charge >= 0.3 is 5.97 Å². The molecule has 2 fully saturated rings. The second kappa shape index (κ2) is 9.00. The van der Waals surface area contributed by atoms with Crippen molar-refractivity contribution in [2.45, 2.75) is 18.0 Å². The molecule has 5 rings (SSSR count). The molecule has 0 bridgehead atoms. The lowest BCUT2D eigenvalue weighted by atomic mass is 9.76. The highest BCUT2D eigenvalue weighted by Gasteiger charge is 2.68. The Morgan fingerprint density at radius 3 is 2.11 bits per heavy atom. The fourth-order valence-corrected chi connectivity index (χ4v) is 5.45. The molecule has 2 amide bonds. The molecule has 0 aliphatic carbocycles. The summed E-state index contributed by atoms with van der Waals surface area (Å²) in [6.45, 7) is 0. The van der Waals surface area contributed by atoms with Gasteiger partial charge in [0.1, 0.15) is 11.3 Å². The Balaban J connectivity index is 1.66. The number of carbonyl (C=O) groups excluding carboxylic acids is 3. The largest absolute Gasteiger partial charge is 0.497 e. The molecule has 7 heteroatoms. The SMILES string of the molecule is COC(=O)[C@]1(Cc2ccccc2)N[C@H](c2ccc(OC)cc2)[C@H]2C(=O)N(c3ccccc3)C(=O)[C@@H]21. The number of para-hydroxylation sites is 1. The normalized spacial score (nSPS) is 25.4. The molecule has 0 unspecified atom stereocenters. The second-order valence-corrected chi connectivity index (χ2v) is 8.87. The summed E-state index contributed by atoms with van der Waals surface area (Å²) in [5, 5.41) is 3.41. The molecule has 35 heavy (non-hydrogen) atoms. The number of hydrogen-bond acceptors (Lipinski definition) is 6. The monoisotopic (exact) mass is 470 g/mol. The molecule has 3 aromatic carbocycles. The van der Waals surface area contributed by atoms with Gasteiger partial charge in [-0.2, -0.15) is 0 Å². The standard InChI is InChI=1S/C28H26N2O5/c1-34-21-15-13-19(14-16-21)24-22-23(26(32)30(25(22)31)20-11-7-4-8-12-20)28(29-24,27(33)35-2)17-18-9-5-3-6-10-18/h3-16,22-24,29H,17H2,1-2H3/t22-,23+,24+,28+/m0/s1. The third kappa shape index (κ3) is 3.68. The maximum absolute atomic E-state index is 13.9. The van der Waals surface area contributed by atoms with Crippen LogP contribution < -0.4 is 15.0 Å². The van der Waals surface area contributed by atoms with Crippen molar-refractivity contribution in [2.75, 3.05) is 19.1 Å². The lowest BCUT2D eigenvalue weighted by Gasteiger charge is -2.32. The third-order valence-electron chi connectivity index (χ3n) is 7.02. The number of hydrogen-bond donors (Lipinski definition) is 1. The predicted molar refractivity (Wildman–Crippen MR) is 130 cm³/mol. The van der Waals surface area contributed by atoms with E-state index in [0.29, 0.717) is 11.4 Å². The lowest BCUT2D eigenvalue weighted by molar-refractivity contribution is -0.152. The van der Waals surface area contributed by atoms with Gasteiger partial charge in [-0.3, -0.25) is 19.7 Å². The number of fused-ring (bicyclic) bond motifs is 1. The second-order valence-electron chi connectivity index (χ2n) is 8.87. The van der Waals surface area contributed by atoms with E-state index in [1.807, 2.05) is 48.5 Å². The number of nitrogens with zero attached hydrogens (tertiary/aromatic N) is 1. The smallest absolute Gasteiger partial charge is 0.327 e. The summed E-state index contributed by atoms with van der Waals surface area (Å²) in [5.41, 5.74) is 0.722.